The molecule has 0 aliphatic heterocycles. The highest BCUT2D eigenvalue weighted by Crippen LogP contribution is 2.34. The molecular weight excluding hydrogens is 288 g/mol. The lowest BCUT2D eigenvalue weighted by molar-refractivity contribution is 0.515. The van der Waals surface area contributed by atoms with Crippen LogP contribution in [-0.2, 0) is 0 Å². The number of rotatable bonds is 4. The number of benzene rings is 1. The second-order valence-electron chi connectivity index (χ2n) is 6.15. The van der Waals surface area contributed by atoms with Crippen molar-refractivity contribution in [1.29, 1.82) is 0 Å². The molecule has 1 aromatic heterocycles. The number of aryl methyl sites for hydroxylation is 1. The summed E-state index contributed by atoms with van der Waals surface area (Å²) in [5.74, 6) is 0. The van der Waals surface area contributed by atoms with Gasteiger partial charge in [-0.1, -0.05) is 49.6 Å². The minimum atomic E-state index is -0.0950. The van der Waals surface area contributed by atoms with E-state index in [1.54, 1.807) is 0 Å². The van der Waals surface area contributed by atoms with Crippen molar-refractivity contribution >= 4 is 11.8 Å². The van der Waals surface area contributed by atoms with Crippen LogP contribution in [0.3, 0.4) is 0 Å². The van der Waals surface area contributed by atoms with Crippen molar-refractivity contribution in [2.24, 2.45) is 5.73 Å². The van der Waals surface area contributed by atoms with Gasteiger partial charge in [-0.2, -0.15) is 0 Å². The van der Waals surface area contributed by atoms with Gasteiger partial charge < -0.3 is 5.73 Å². The fourth-order valence-electron chi connectivity index (χ4n) is 3.12. The monoisotopic (exact) mass is 312 g/mol. The quantitative estimate of drug-likeness (QED) is 0.876. The van der Waals surface area contributed by atoms with Gasteiger partial charge in [0.1, 0.15) is 0 Å². The number of thioether (sulfide) groups is 1. The van der Waals surface area contributed by atoms with Crippen LogP contribution in [0.1, 0.15) is 54.8 Å². The second kappa shape index (κ2) is 7.30. The summed E-state index contributed by atoms with van der Waals surface area (Å²) in [5.41, 5.74) is 9.91. The summed E-state index contributed by atoms with van der Waals surface area (Å²) in [4.78, 5) is 4.66. The molecule has 3 rings (SSSR count). The van der Waals surface area contributed by atoms with Crippen molar-refractivity contribution in [2.45, 2.75) is 55.3 Å². The van der Waals surface area contributed by atoms with Crippen LogP contribution in [0.25, 0.3) is 0 Å². The minimum Gasteiger partial charge on any atom is -0.320 e. The summed E-state index contributed by atoms with van der Waals surface area (Å²) in [5, 5.41) is 1.89. The number of hydrogen-bond donors (Lipinski definition) is 1. The Balaban J connectivity index is 1.74. The molecule has 1 aliphatic rings. The van der Waals surface area contributed by atoms with E-state index in [2.05, 4.69) is 30.1 Å². The first-order valence-electron chi connectivity index (χ1n) is 8.18. The zero-order valence-corrected chi connectivity index (χ0v) is 14.0. The lowest BCUT2D eigenvalue weighted by Crippen LogP contribution is -2.14. The van der Waals surface area contributed by atoms with Gasteiger partial charge in [-0.25, -0.2) is 4.98 Å². The van der Waals surface area contributed by atoms with Crippen molar-refractivity contribution < 1.29 is 0 Å². The highest BCUT2D eigenvalue weighted by molar-refractivity contribution is 7.99. The third-order valence-electron chi connectivity index (χ3n) is 4.46. The first-order valence-corrected chi connectivity index (χ1v) is 9.06. The van der Waals surface area contributed by atoms with Gasteiger partial charge in [0, 0.05) is 11.4 Å². The van der Waals surface area contributed by atoms with Crippen molar-refractivity contribution in [1.82, 2.24) is 4.98 Å². The predicted molar refractivity (Wildman–Crippen MR) is 94.2 cm³/mol. The predicted octanol–water partition coefficient (Wildman–Crippen LogP) is 4.86. The van der Waals surface area contributed by atoms with Crippen LogP contribution in [0.2, 0.25) is 0 Å². The van der Waals surface area contributed by atoms with Gasteiger partial charge in [0.05, 0.1) is 11.1 Å². The summed E-state index contributed by atoms with van der Waals surface area (Å²) < 4.78 is 0. The van der Waals surface area contributed by atoms with E-state index >= 15 is 0 Å². The van der Waals surface area contributed by atoms with Gasteiger partial charge >= 0.3 is 0 Å². The fourth-order valence-corrected chi connectivity index (χ4v) is 4.39. The van der Waals surface area contributed by atoms with E-state index in [0.29, 0.717) is 0 Å². The molecule has 1 saturated carbocycles. The van der Waals surface area contributed by atoms with E-state index in [4.69, 9.17) is 5.73 Å². The van der Waals surface area contributed by atoms with Crippen molar-refractivity contribution in [3.63, 3.8) is 0 Å². The molecule has 0 radical (unpaired) electrons. The SMILES string of the molecule is Cc1cc(SC2CCCCC2)ncc1C(N)c1ccccc1. The van der Waals surface area contributed by atoms with Crippen molar-refractivity contribution in [3.05, 3.63) is 59.3 Å². The zero-order chi connectivity index (χ0) is 15.4. The molecule has 3 heteroatoms. The lowest BCUT2D eigenvalue weighted by atomic mass is 9.98. The van der Waals surface area contributed by atoms with Crippen LogP contribution in [0.15, 0.2) is 47.6 Å². The minimum absolute atomic E-state index is 0.0950. The Morgan fingerprint density at radius 1 is 1.14 bits per heavy atom. The molecule has 1 heterocycles. The third kappa shape index (κ3) is 3.71. The topological polar surface area (TPSA) is 38.9 Å². The molecule has 1 unspecified atom stereocenters. The molecule has 1 aliphatic carbocycles. The number of pyridine rings is 1. The summed E-state index contributed by atoms with van der Waals surface area (Å²) in [6, 6.07) is 12.4. The molecule has 2 aromatic rings. The van der Waals surface area contributed by atoms with Crippen LogP contribution < -0.4 is 5.73 Å². The normalized spacial score (nSPS) is 17.4. The van der Waals surface area contributed by atoms with E-state index < -0.39 is 0 Å². The van der Waals surface area contributed by atoms with Gasteiger partial charge in [0.25, 0.3) is 0 Å². The first-order chi connectivity index (χ1) is 10.7. The molecule has 1 atom stereocenters. The summed E-state index contributed by atoms with van der Waals surface area (Å²) in [6.45, 7) is 2.14. The highest BCUT2D eigenvalue weighted by Gasteiger charge is 2.17. The number of nitrogens with two attached hydrogens (primary N) is 1. The molecule has 0 amide bonds. The molecular formula is C19H24N2S. The largest absolute Gasteiger partial charge is 0.320 e. The maximum absolute atomic E-state index is 6.40. The average molecular weight is 312 g/mol. The molecule has 2 nitrogen and oxygen atoms in total. The Kier molecular flexibility index (Phi) is 5.16. The van der Waals surface area contributed by atoms with Crippen molar-refractivity contribution in [3.8, 4) is 0 Å². The highest BCUT2D eigenvalue weighted by atomic mass is 32.2. The third-order valence-corrected chi connectivity index (χ3v) is 5.73. The van der Waals surface area contributed by atoms with Gasteiger partial charge in [0.2, 0.25) is 0 Å². The smallest absolute Gasteiger partial charge is 0.0965 e. The standard InChI is InChI=1S/C19H24N2S/c1-14-12-18(22-16-10-6-3-7-11-16)21-13-17(14)19(20)15-8-4-2-5-9-15/h2,4-5,8-9,12-13,16,19H,3,6-7,10-11,20H2,1H3. The van der Waals surface area contributed by atoms with Crippen LogP contribution >= 0.6 is 11.8 Å². The number of nitrogens with zero attached hydrogens (tertiary/aromatic N) is 1. The Hall–Kier alpha value is -1.32. The van der Waals surface area contributed by atoms with Crippen LogP contribution in [-0.4, -0.2) is 10.2 Å². The molecule has 0 spiro atoms. The Morgan fingerprint density at radius 3 is 2.55 bits per heavy atom. The van der Waals surface area contributed by atoms with Crippen LogP contribution in [0.4, 0.5) is 0 Å². The Bertz CT molecular complexity index is 606. The first kappa shape index (κ1) is 15.6. The molecule has 1 aromatic carbocycles. The Morgan fingerprint density at radius 2 is 1.86 bits per heavy atom. The average Bonchev–Trinajstić information content (AvgIpc) is 2.56. The molecule has 0 saturated heterocycles. The van der Waals surface area contributed by atoms with Crippen molar-refractivity contribution in [2.75, 3.05) is 0 Å². The molecule has 116 valence electrons. The van der Waals surface area contributed by atoms with Gasteiger partial charge in [-0.15, -0.1) is 11.8 Å². The van der Waals surface area contributed by atoms with E-state index in [0.717, 1.165) is 21.4 Å². The fraction of sp³-hybridized carbons (Fsp3) is 0.421. The summed E-state index contributed by atoms with van der Waals surface area (Å²) in [7, 11) is 0. The van der Waals surface area contributed by atoms with Crippen LogP contribution in [0.5, 0.6) is 0 Å². The number of aromatic nitrogens is 1. The zero-order valence-electron chi connectivity index (χ0n) is 13.2. The maximum Gasteiger partial charge on any atom is 0.0965 e. The second-order valence-corrected chi connectivity index (χ2v) is 7.47. The Labute approximate surface area is 137 Å². The summed E-state index contributed by atoms with van der Waals surface area (Å²) >= 11 is 1.94. The van der Waals surface area contributed by atoms with E-state index in [1.165, 1.54) is 37.7 Å². The molecule has 2 N–H and O–H groups in total. The molecule has 22 heavy (non-hydrogen) atoms. The lowest BCUT2D eigenvalue weighted by Gasteiger charge is -2.21. The molecule has 0 bridgehead atoms. The maximum atomic E-state index is 6.40. The summed E-state index contributed by atoms with van der Waals surface area (Å²) in [6.07, 6.45) is 8.77. The van der Waals surface area contributed by atoms with Gasteiger partial charge in [-0.05, 0) is 42.5 Å². The van der Waals surface area contributed by atoms with E-state index in [9.17, 15) is 0 Å². The number of hydrogen-bond acceptors (Lipinski definition) is 3. The van der Waals surface area contributed by atoms with E-state index in [-0.39, 0.29) is 6.04 Å². The molecule has 1 fully saturated rings. The van der Waals surface area contributed by atoms with Gasteiger partial charge in [0.15, 0.2) is 0 Å². The van der Waals surface area contributed by atoms with E-state index in [1.807, 2.05) is 36.2 Å². The van der Waals surface area contributed by atoms with Gasteiger partial charge in [-0.3, -0.25) is 0 Å². The van der Waals surface area contributed by atoms with Crippen LogP contribution in [0, 0.1) is 6.92 Å².